The molecule has 0 unspecified atom stereocenters. The Morgan fingerprint density at radius 3 is 3.12 bits per heavy atom. The van der Waals surface area contributed by atoms with Crippen molar-refractivity contribution < 1.29 is 9.53 Å². The Kier molecular flexibility index (Phi) is 4.39. The maximum atomic E-state index is 12.7. The van der Waals surface area contributed by atoms with Gasteiger partial charge in [-0.3, -0.25) is 9.89 Å². The van der Waals surface area contributed by atoms with Crippen LogP contribution in [-0.2, 0) is 16.0 Å². The number of aromatic nitrogens is 3. The van der Waals surface area contributed by atoms with Gasteiger partial charge in [0.15, 0.2) is 5.82 Å². The lowest BCUT2D eigenvalue weighted by molar-refractivity contribution is -0.129. The van der Waals surface area contributed by atoms with Crippen LogP contribution in [0.25, 0.3) is 0 Å². The maximum absolute atomic E-state index is 12.7. The number of amides is 1. The number of H-pyrrole nitrogens is 1. The molecule has 0 aromatic carbocycles. The second kappa shape index (κ2) is 6.67. The molecule has 1 N–H and O–H groups in total. The van der Waals surface area contributed by atoms with Gasteiger partial charge in [0.25, 0.3) is 0 Å². The molecule has 6 nitrogen and oxygen atoms in total. The highest BCUT2D eigenvalue weighted by Gasteiger charge is 2.42. The quantitative estimate of drug-likeness (QED) is 0.920. The third-order valence-corrected chi connectivity index (χ3v) is 5.67. The van der Waals surface area contributed by atoms with Crippen molar-refractivity contribution in [3.8, 4) is 0 Å². The summed E-state index contributed by atoms with van der Waals surface area (Å²) in [6, 6.07) is 0. The number of carbonyl (C=O) groups is 1. The average molecular weight is 330 g/mol. The standard InChI is InChI=1S/C18H26N4O2/c1-12-19-17(21-20-12)9-16-15-7-8-22(10-14(15)11-24-16)18(23)13-5-3-2-4-6-13/h5,14-16H,2-4,6-11H2,1H3,(H,19,20,21)/t14-,15-,16+/m1/s1. The number of fused-ring (bicyclic) bond motifs is 1. The van der Waals surface area contributed by atoms with Crippen molar-refractivity contribution in [2.45, 2.75) is 51.6 Å². The summed E-state index contributed by atoms with van der Waals surface area (Å²) in [5.41, 5.74) is 1.03. The molecular formula is C18H26N4O2. The number of likely N-dealkylation sites (tertiary alicyclic amines) is 1. The Bertz CT molecular complexity index is 639. The average Bonchev–Trinajstić information content (AvgIpc) is 3.21. The second-order valence-corrected chi connectivity index (χ2v) is 7.35. The summed E-state index contributed by atoms with van der Waals surface area (Å²) in [4.78, 5) is 19.2. The number of rotatable bonds is 3. The predicted molar refractivity (Wildman–Crippen MR) is 89.3 cm³/mol. The van der Waals surface area contributed by atoms with E-state index in [1.807, 2.05) is 6.92 Å². The zero-order valence-corrected chi connectivity index (χ0v) is 14.3. The van der Waals surface area contributed by atoms with E-state index in [0.29, 0.717) is 11.8 Å². The fourth-order valence-corrected chi connectivity index (χ4v) is 4.38. The van der Waals surface area contributed by atoms with E-state index in [2.05, 4.69) is 26.2 Å². The number of carbonyl (C=O) groups excluding carboxylic acids is 1. The monoisotopic (exact) mass is 330 g/mol. The van der Waals surface area contributed by atoms with Crippen molar-refractivity contribution in [3.63, 3.8) is 0 Å². The van der Waals surface area contributed by atoms with Gasteiger partial charge in [-0.1, -0.05) is 6.08 Å². The van der Waals surface area contributed by atoms with Gasteiger partial charge in [-0.25, -0.2) is 4.98 Å². The first kappa shape index (κ1) is 15.8. The van der Waals surface area contributed by atoms with Gasteiger partial charge < -0.3 is 9.64 Å². The number of piperidine rings is 1. The van der Waals surface area contributed by atoms with E-state index in [4.69, 9.17) is 4.74 Å². The van der Waals surface area contributed by atoms with Gasteiger partial charge in [-0.2, -0.15) is 5.10 Å². The minimum Gasteiger partial charge on any atom is -0.377 e. The van der Waals surface area contributed by atoms with E-state index in [0.717, 1.165) is 69.0 Å². The number of hydrogen-bond donors (Lipinski definition) is 1. The molecule has 130 valence electrons. The SMILES string of the molecule is Cc1nc(C[C@@H]2OC[C@H]3CN(C(=O)C4=CCCCC4)CC[C@H]32)n[nH]1. The van der Waals surface area contributed by atoms with Crippen molar-refractivity contribution >= 4 is 5.91 Å². The van der Waals surface area contributed by atoms with Crippen LogP contribution in [0.4, 0.5) is 0 Å². The van der Waals surface area contributed by atoms with E-state index in [1.54, 1.807) is 0 Å². The van der Waals surface area contributed by atoms with Crippen LogP contribution in [0, 0.1) is 18.8 Å². The number of allylic oxidation sites excluding steroid dienone is 1. The third kappa shape index (κ3) is 3.11. The van der Waals surface area contributed by atoms with E-state index >= 15 is 0 Å². The largest absolute Gasteiger partial charge is 0.377 e. The Hall–Kier alpha value is -1.69. The molecular weight excluding hydrogens is 304 g/mol. The summed E-state index contributed by atoms with van der Waals surface area (Å²) in [6.07, 6.45) is 8.52. The van der Waals surface area contributed by atoms with Crippen molar-refractivity contribution in [3.05, 3.63) is 23.3 Å². The molecule has 0 bridgehead atoms. The normalized spacial score (nSPS) is 30.1. The lowest BCUT2D eigenvalue weighted by atomic mass is 9.83. The van der Waals surface area contributed by atoms with Gasteiger partial charge in [-0.15, -0.1) is 0 Å². The first-order valence-electron chi connectivity index (χ1n) is 9.18. The molecule has 2 aliphatic heterocycles. The topological polar surface area (TPSA) is 71.1 Å². The molecule has 0 radical (unpaired) electrons. The number of aryl methyl sites for hydroxylation is 1. The highest BCUT2D eigenvalue weighted by Crippen LogP contribution is 2.36. The highest BCUT2D eigenvalue weighted by atomic mass is 16.5. The molecule has 3 atom stereocenters. The molecule has 6 heteroatoms. The molecule has 0 saturated carbocycles. The van der Waals surface area contributed by atoms with Crippen LogP contribution in [0.3, 0.4) is 0 Å². The van der Waals surface area contributed by atoms with Crippen LogP contribution in [-0.4, -0.2) is 51.8 Å². The van der Waals surface area contributed by atoms with E-state index in [1.165, 1.54) is 6.42 Å². The fraction of sp³-hybridized carbons (Fsp3) is 0.722. The summed E-state index contributed by atoms with van der Waals surface area (Å²) in [7, 11) is 0. The summed E-state index contributed by atoms with van der Waals surface area (Å²) in [6.45, 7) is 4.36. The minimum absolute atomic E-state index is 0.191. The van der Waals surface area contributed by atoms with E-state index in [9.17, 15) is 4.79 Å². The summed E-state index contributed by atoms with van der Waals surface area (Å²) >= 11 is 0. The van der Waals surface area contributed by atoms with Crippen LogP contribution in [0.15, 0.2) is 11.6 Å². The summed E-state index contributed by atoms with van der Waals surface area (Å²) in [5, 5.41) is 7.13. The van der Waals surface area contributed by atoms with Gasteiger partial charge in [0.2, 0.25) is 5.91 Å². The van der Waals surface area contributed by atoms with Gasteiger partial charge in [0, 0.05) is 31.0 Å². The first-order chi connectivity index (χ1) is 11.7. The maximum Gasteiger partial charge on any atom is 0.249 e. The van der Waals surface area contributed by atoms with Gasteiger partial charge >= 0.3 is 0 Å². The van der Waals surface area contributed by atoms with Crippen molar-refractivity contribution in [1.82, 2.24) is 20.1 Å². The van der Waals surface area contributed by atoms with Crippen LogP contribution >= 0.6 is 0 Å². The highest BCUT2D eigenvalue weighted by molar-refractivity contribution is 5.93. The predicted octanol–water partition coefficient (Wildman–Crippen LogP) is 2.02. The number of ether oxygens (including phenoxy) is 1. The fourth-order valence-electron chi connectivity index (χ4n) is 4.38. The Morgan fingerprint density at radius 1 is 1.46 bits per heavy atom. The Morgan fingerprint density at radius 2 is 2.38 bits per heavy atom. The smallest absolute Gasteiger partial charge is 0.249 e. The van der Waals surface area contributed by atoms with Crippen LogP contribution in [0.5, 0.6) is 0 Å². The molecule has 3 heterocycles. The van der Waals surface area contributed by atoms with Crippen LogP contribution in [0.1, 0.15) is 43.8 Å². The first-order valence-corrected chi connectivity index (χ1v) is 9.18. The molecule has 2 fully saturated rings. The molecule has 1 aliphatic carbocycles. The number of hydrogen-bond acceptors (Lipinski definition) is 4. The molecule has 4 rings (SSSR count). The van der Waals surface area contributed by atoms with Crippen molar-refractivity contribution in [1.29, 1.82) is 0 Å². The molecule has 1 aromatic heterocycles. The van der Waals surface area contributed by atoms with Gasteiger partial charge in [0.05, 0.1) is 12.7 Å². The Balaban J connectivity index is 1.37. The third-order valence-electron chi connectivity index (χ3n) is 5.67. The van der Waals surface area contributed by atoms with Crippen molar-refractivity contribution in [2.75, 3.05) is 19.7 Å². The molecule has 2 saturated heterocycles. The van der Waals surface area contributed by atoms with E-state index < -0.39 is 0 Å². The lowest BCUT2D eigenvalue weighted by Gasteiger charge is -2.36. The van der Waals surface area contributed by atoms with Crippen LogP contribution < -0.4 is 0 Å². The Labute approximate surface area is 142 Å². The van der Waals surface area contributed by atoms with Crippen molar-refractivity contribution in [2.24, 2.45) is 11.8 Å². The number of aromatic amines is 1. The molecule has 3 aliphatic rings. The molecule has 0 spiro atoms. The molecule has 1 amide bonds. The minimum atomic E-state index is 0.191. The lowest BCUT2D eigenvalue weighted by Crippen LogP contribution is -2.45. The van der Waals surface area contributed by atoms with Crippen LogP contribution in [0.2, 0.25) is 0 Å². The second-order valence-electron chi connectivity index (χ2n) is 7.35. The number of nitrogens with one attached hydrogen (secondary N) is 1. The summed E-state index contributed by atoms with van der Waals surface area (Å²) < 4.78 is 6.04. The molecule has 24 heavy (non-hydrogen) atoms. The zero-order valence-electron chi connectivity index (χ0n) is 14.3. The molecule has 1 aromatic rings. The zero-order chi connectivity index (χ0) is 16.5. The summed E-state index contributed by atoms with van der Waals surface area (Å²) in [5.74, 6) is 2.93. The van der Waals surface area contributed by atoms with Gasteiger partial charge in [-0.05, 0) is 44.9 Å². The van der Waals surface area contributed by atoms with Gasteiger partial charge in [0.1, 0.15) is 5.82 Å². The number of nitrogens with zero attached hydrogens (tertiary/aromatic N) is 3. The van der Waals surface area contributed by atoms with E-state index in [-0.39, 0.29) is 12.0 Å².